The number of amides is 2. The van der Waals surface area contributed by atoms with Gasteiger partial charge in [-0.2, -0.15) is 0 Å². The number of nitrogens with zero attached hydrogens (tertiary/aromatic N) is 4. The van der Waals surface area contributed by atoms with Gasteiger partial charge in [-0.3, -0.25) is 14.5 Å². The first kappa shape index (κ1) is 18.6. The lowest BCUT2D eigenvalue weighted by molar-refractivity contribution is -0.146. The predicted molar refractivity (Wildman–Crippen MR) is 95.1 cm³/mol. The Balaban J connectivity index is 1.56. The van der Waals surface area contributed by atoms with Crippen molar-refractivity contribution in [3.8, 4) is 0 Å². The van der Waals surface area contributed by atoms with Crippen LogP contribution in [0.1, 0.15) is 25.7 Å². The van der Waals surface area contributed by atoms with Crippen LogP contribution in [0, 0.1) is 5.41 Å². The number of carbonyl (C=O) groups excluding carboxylic acids is 2. The number of likely N-dealkylation sites (N-methyl/N-ethyl adjacent to an activating group) is 1. The minimum atomic E-state index is -0.401. The number of hydrogen-bond acceptors (Lipinski definition) is 5. The maximum absolute atomic E-state index is 12.8. The lowest BCUT2D eigenvalue weighted by atomic mass is 9.78. The summed E-state index contributed by atoms with van der Waals surface area (Å²) in [6.45, 7) is 6.87. The third-order valence-corrected chi connectivity index (χ3v) is 6.07. The summed E-state index contributed by atoms with van der Waals surface area (Å²) in [5.74, 6) is 0.299. The second kappa shape index (κ2) is 8.01. The van der Waals surface area contributed by atoms with Crippen molar-refractivity contribution in [1.82, 2.24) is 19.6 Å². The van der Waals surface area contributed by atoms with E-state index in [1.165, 1.54) is 0 Å². The molecule has 3 aliphatic heterocycles. The van der Waals surface area contributed by atoms with E-state index in [4.69, 9.17) is 5.11 Å². The van der Waals surface area contributed by atoms with Gasteiger partial charge in [0.05, 0.1) is 18.6 Å². The molecule has 2 amide bonds. The summed E-state index contributed by atoms with van der Waals surface area (Å²) in [6, 6.07) is 0. The van der Waals surface area contributed by atoms with Gasteiger partial charge in [-0.25, -0.2) is 0 Å². The minimum absolute atomic E-state index is 0.00781. The summed E-state index contributed by atoms with van der Waals surface area (Å²) in [6.07, 6.45) is 3.70. The van der Waals surface area contributed by atoms with E-state index in [-0.39, 0.29) is 18.4 Å². The summed E-state index contributed by atoms with van der Waals surface area (Å²) >= 11 is 0. The number of aliphatic hydroxyl groups excluding tert-OH is 1. The molecule has 0 aromatic carbocycles. The van der Waals surface area contributed by atoms with Crippen molar-refractivity contribution in [2.75, 3.05) is 72.6 Å². The standard InChI is InChI=1S/C18H32N4O3/c1-19-6-3-7-20(11-10-19)14-16(24)22-9-5-18(15-22)4-2-8-21(12-13-23)17(18)25/h23H,2-15H2,1H3. The second-order valence-corrected chi connectivity index (χ2v) is 7.90. The van der Waals surface area contributed by atoms with Crippen molar-refractivity contribution >= 4 is 11.8 Å². The van der Waals surface area contributed by atoms with Gasteiger partial charge in [-0.15, -0.1) is 0 Å². The third-order valence-electron chi connectivity index (χ3n) is 6.07. The molecule has 1 unspecified atom stereocenters. The zero-order valence-electron chi connectivity index (χ0n) is 15.5. The minimum Gasteiger partial charge on any atom is -0.395 e. The number of piperidine rings is 1. The Labute approximate surface area is 150 Å². The topological polar surface area (TPSA) is 67.3 Å². The van der Waals surface area contributed by atoms with E-state index in [0.717, 1.165) is 58.4 Å². The first-order valence-electron chi connectivity index (χ1n) is 9.63. The van der Waals surface area contributed by atoms with Gasteiger partial charge in [0.1, 0.15) is 0 Å². The molecule has 3 aliphatic rings. The molecule has 3 saturated heterocycles. The van der Waals surface area contributed by atoms with E-state index in [2.05, 4.69) is 16.8 Å². The van der Waals surface area contributed by atoms with Crippen LogP contribution < -0.4 is 0 Å². The van der Waals surface area contributed by atoms with Gasteiger partial charge in [-0.1, -0.05) is 0 Å². The molecule has 142 valence electrons. The molecule has 0 aromatic rings. The molecule has 3 fully saturated rings. The molecule has 7 heteroatoms. The van der Waals surface area contributed by atoms with Crippen LogP contribution in [0.4, 0.5) is 0 Å². The number of aliphatic hydroxyl groups is 1. The van der Waals surface area contributed by atoms with Gasteiger partial charge in [0.15, 0.2) is 0 Å². The van der Waals surface area contributed by atoms with Crippen molar-refractivity contribution in [3.63, 3.8) is 0 Å². The third kappa shape index (κ3) is 4.15. The Kier molecular flexibility index (Phi) is 5.96. The van der Waals surface area contributed by atoms with E-state index in [1.54, 1.807) is 4.90 Å². The molecule has 3 rings (SSSR count). The Morgan fingerprint density at radius 3 is 2.72 bits per heavy atom. The SMILES string of the molecule is CN1CCCN(CC(=O)N2CCC3(CCCN(CCO)C3=O)C2)CC1. The highest BCUT2D eigenvalue weighted by Gasteiger charge is 2.49. The maximum atomic E-state index is 12.8. The lowest BCUT2D eigenvalue weighted by Gasteiger charge is -2.39. The average Bonchev–Trinajstić information content (AvgIpc) is 2.92. The molecular weight excluding hydrogens is 320 g/mol. The molecule has 7 nitrogen and oxygen atoms in total. The van der Waals surface area contributed by atoms with Crippen molar-refractivity contribution in [3.05, 3.63) is 0 Å². The molecule has 1 spiro atoms. The second-order valence-electron chi connectivity index (χ2n) is 7.90. The van der Waals surface area contributed by atoms with Gasteiger partial charge in [-0.05, 0) is 45.8 Å². The van der Waals surface area contributed by atoms with Gasteiger partial charge in [0.2, 0.25) is 11.8 Å². The van der Waals surface area contributed by atoms with Gasteiger partial charge >= 0.3 is 0 Å². The number of likely N-dealkylation sites (tertiary alicyclic amines) is 2. The molecule has 1 atom stereocenters. The van der Waals surface area contributed by atoms with Crippen molar-refractivity contribution in [1.29, 1.82) is 0 Å². The zero-order valence-corrected chi connectivity index (χ0v) is 15.5. The summed E-state index contributed by atoms with van der Waals surface area (Å²) < 4.78 is 0. The number of hydrogen-bond donors (Lipinski definition) is 1. The summed E-state index contributed by atoms with van der Waals surface area (Å²) in [7, 11) is 2.13. The molecule has 1 N–H and O–H groups in total. The van der Waals surface area contributed by atoms with E-state index in [9.17, 15) is 9.59 Å². The average molecular weight is 352 g/mol. The van der Waals surface area contributed by atoms with E-state index >= 15 is 0 Å². The molecular formula is C18H32N4O3. The molecule has 0 saturated carbocycles. The van der Waals surface area contributed by atoms with Crippen LogP contribution in [0.3, 0.4) is 0 Å². The molecule has 3 heterocycles. The number of β-amino-alcohol motifs (C(OH)–C–C–N with tert-alkyl or cyclic N) is 1. The summed E-state index contributed by atoms with van der Waals surface area (Å²) in [5, 5.41) is 9.16. The highest BCUT2D eigenvalue weighted by atomic mass is 16.3. The molecule has 25 heavy (non-hydrogen) atoms. The van der Waals surface area contributed by atoms with Crippen molar-refractivity contribution < 1.29 is 14.7 Å². The van der Waals surface area contributed by atoms with Crippen LogP contribution in [-0.4, -0.2) is 109 Å². The predicted octanol–water partition coefficient (Wildman–Crippen LogP) is -0.543. The summed E-state index contributed by atoms with van der Waals surface area (Å²) in [5.41, 5.74) is -0.401. The van der Waals surface area contributed by atoms with Crippen LogP contribution in [0.2, 0.25) is 0 Å². The Hall–Kier alpha value is -1.18. The largest absolute Gasteiger partial charge is 0.395 e. The number of rotatable bonds is 4. The highest BCUT2D eigenvalue weighted by Crippen LogP contribution is 2.40. The highest BCUT2D eigenvalue weighted by molar-refractivity contribution is 5.86. The molecule has 0 aromatic heterocycles. The monoisotopic (exact) mass is 352 g/mol. The zero-order chi connectivity index (χ0) is 17.9. The van der Waals surface area contributed by atoms with Crippen molar-refractivity contribution in [2.24, 2.45) is 5.41 Å². The van der Waals surface area contributed by atoms with Gasteiger partial charge in [0.25, 0.3) is 0 Å². The molecule has 0 bridgehead atoms. The first-order valence-corrected chi connectivity index (χ1v) is 9.63. The van der Waals surface area contributed by atoms with E-state index in [0.29, 0.717) is 26.2 Å². The van der Waals surface area contributed by atoms with Crippen molar-refractivity contribution in [2.45, 2.75) is 25.7 Å². The van der Waals surface area contributed by atoms with E-state index in [1.807, 2.05) is 4.90 Å². The first-order chi connectivity index (χ1) is 12.0. The number of carbonyl (C=O) groups is 2. The molecule has 0 aliphatic carbocycles. The fourth-order valence-corrected chi connectivity index (χ4v) is 4.50. The van der Waals surface area contributed by atoms with Gasteiger partial charge in [0, 0.05) is 39.3 Å². The fourth-order valence-electron chi connectivity index (χ4n) is 4.50. The normalized spacial score (nSPS) is 29.4. The Morgan fingerprint density at radius 1 is 1.08 bits per heavy atom. The van der Waals surface area contributed by atoms with Crippen LogP contribution in [0.25, 0.3) is 0 Å². The van der Waals surface area contributed by atoms with E-state index < -0.39 is 5.41 Å². The summed E-state index contributed by atoms with van der Waals surface area (Å²) in [4.78, 5) is 33.8. The maximum Gasteiger partial charge on any atom is 0.236 e. The van der Waals surface area contributed by atoms with Crippen LogP contribution in [0.5, 0.6) is 0 Å². The van der Waals surface area contributed by atoms with Gasteiger partial charge < -0.3 is 19.8 Å². The molecule has 0 radical (unpaired) electrons. The van der Waals surface area contributed by atoms with Crippen LogP contribution in [-0.2, 0) is 9.59 Å². The fraction of sp³-hybridized carbons (Fsp3) is 0.889. The van der Waals surface area contributed by atoms with Crippen LogP contribution in [0.15, 0.2) is 0 Å². The lowest BCUT2D eigenvalue weighted by Crippen LogP contribution is -2.51. The Bertz CT molecular complexity index is 499. The smallest absolute Gasteiger partial charge is 0.236 e. The quantitative estimate of drug-likeness (QED) is 0.736. The van der Waals surface area contributed by atoms with Crippen LogP contribution >= 0.6 is 0 Å². The Morgan fingerprint density at radius 2 is 1.92 bits per heavy atom.